The fourth-order valence-corrected chi connectivity index (χ4v) is 1.88. The van der Waals surface area contributed by atoms with Crippen molar-refractivity contribution in [2.75, 3.05) is 11.0 Å². The number of para-hydroxylation sites is 1. The summed E-state index contributed by atoms with van der Waals surface area (Å²) >= 11 is 2.23. The number of halogens is 1. The van der Waals surface area contributed by atoms with Gasteiger partial charge in [-0.05, 0) is 6.07 Å². The van der Waals surface area contributed by atoms with Crippen molar-refractivity contribution >= 4 is 28.6 Å². The Labute approximate surface area is 102 Å². The fraction of sp³-hybridized carbons (Fsp3) is 0.364. The summed E-state index contributed by atoms with van der Waals surface area (Å²) in [6.45, 7) is 0.343. The minimum atomic E-state index is -0.180. The molecule has 0 bridgehead atoms. The number of benzene rings is 1. The Balaban J connectivity index is 2.29. The van der Waals surface area contributed by atoms with E-state index in [1.54, 1.807) is 0 Å². The summed E-state index contributed by atoms with van der Waals surface area (Å²) in [6, 6.07) is 7.60. The van der Waals surface area contributed by atoms with Gasteiger partial charge in [0.05, 0.1) is 6.42 Å². The van der Waals surface area contributed by atoms with Crippen LogP contribution in [0.2, 0.25) is 0 Å². The molecule has 1 aromatic rings. The van der Waals surface area contributed by atoms with Gasteiger partial charge in [0.2, 0.25) is 0 Å². The molecule has 0 saturated heterocycles. The molecule has 0 saturated carbocycles. The Morgan fingerprint density at radius 3 is 3.00 bits per heavy atom. The molecule has 0 N–H and O–H groups in total. The molecule has 0 aliphatic carbocycles. The normalized spacial score (nSPS) is 20.6. The molecule has 1 aliphatic heterocycles. The monoisotopic (exact) mass is 318 g/mol. The van der Waals surface area contributed by atoms with Crippen molar-refractivity contribution in [3.8, 4) is 5.75 Å². The van der Waals surface area contributed by atoms with E-state index in [1.807, 2.05) is 24.3 Å². The molecular weight excluding hydrogens is 307 g/mol. The Morgan fingerprint density at radius 2 is 2.20 bits per heavy atom. The molecule has 3 nitrogen and oxygen atoms in total. The van der Waals surface area contributed by atoms with E-state index in [4.69, 9.17) is 9.47 Å². The van der Waals surface area contributed by atoms with E-state index in [0.717, 1.165) is 15.7 Å². The third kappa shape index (κ3) is 2.62. The zero-order valence-corrected chi connectivity index (χ0v) is 10.3. The minimum absolute atomic E-state index is 0.0454. The number of carbonyl (C=O) groups is 1. The highest BCUT2D eigenvalue weighted by molar-refractivity contribution is 14.1. The van der Waals surface area contributed by atoms with Gasteiger partial charge in [0, 0.05) is 9.99 Å². The molecule has 1 aliphatic rings. The van der Waals surface area contributed by atoms with E-state index in [1.165, 1.54) is 0 Å². The van der Waals surface area contributed by atoms with Gasteiger partial charge in [-0.15, -0.1) is 0 Å². The van der Waals surface area contributed by atoms with E-state index in [2.05, 4.69) is 22.6 Å². The molecule has 0 fully saturated rings. The highest BCUT2D eigenvalue weighted by atomic mass is 127. The van der Waals surface area contributed by atoms with Crippen LogP contribution in [0.15, 0.2) is 24.3 Å². The summed E-state index contributed by atoms with van der Waals surface area (Å²) in [5.74, 6) is 0.622. The standard InChI is InChI=1S/C11H11IO3/c12-6-9-7-14-11(13)5-8-3-1-2-4-10(8)15-9/h1-4,9H,5-7H2. The number of esters is 1. The van der Waals surface area contributed by atoms with E-state index in [0.29, 0.717) is 13.0 Å². The molecule has 1 unspecified atom stereocenters. The average Bonchev–Trinajstić information content (AvgIpc) is 2.23. The first-order chi connectivity index (χ1) is 7.29. The van der Waals surface area contributed by atoms with Crippen molar-refractivity contribution in [3.63, 3.8) is 0 Å². The summed E-state index contributed by atoms with van der Waals surface area (Å²) in [4.78, 5) is 11.4. The molecule has 0 radical (unpaired) electrons. The number of ether oxygens (including phenoxy) is 2. The van der Waals surface area contributed by atoms with Crippen molar-refractivity contribution < 1.29 is 14.3 Å². The molecule has 0 spiro atoms. The number of carbonyl (C=O) groups excluding carboxylic acids is 1. The van der Waals surface area contributed by atoms with Crippen LogP contribution in [0.25, 0.3) is 0 Å². The summed E-state index contributed by atoms with van der Waals surface area (Å²) in [6.07, 6.45) is 0.250. The van der Waals surface area contributed by atoms with Crippen molar-refractivity contribution in [1.29, 1.82) is 0 Å². The first-order valence-electron chi connectivity index (χ1n) is 4.75. The molecule has 1 atom stereocenters. The second-order valence-electron chi connectivity index (χ2n) is 3.36. The Bertz CT molecular complexity index is 365. The van der Waals surface area contributed by atoms with Crippen molar-refractivity contribution in [1.82, 2.24) is 0 Å². The average molecular weight is 318 g/mol. The SMILES string of the molecule is O=C1Cc2ccccc2OC(CI)CO1. The number of hydrogen-bond donors (Lipinski definition) is 0. The molecule has 1 heterocycles. The zero-order valence-electron chi connectivity index (χ0n) is 8.11. The molecular formula is C11H11IO3. The molecule has 80 valence electrons. The highest BCUT2D eigenvalue weighted by Crippen LogP contribution is 2.22. The summed E-state index contributed by atoms with van der Waals surface area (Å²) in [7, 11) is 0. The third-order valence-electron chi connectivity index (χ3n) is 2.20. The van der Waals surface area contributed by atoms with Gasteiger partial charge in [-0.25, -0.2) is 0 Å². The lowest BCUT2D eigenvalue weighted by Crippen LogP contribution is -2.29. The Kier molecular flexibility index (Phi) is 3.45. The van der Waals surface area contributed by atoms with E-state index in [-0.39, 0.29) is 12.1 Å². The quantitative estimate of drug-likeness (QED) is 0.451. The smallest absolute Gasteiger partial charge is 0.310 e. The minimum Gasteiger partial charge on any atom is -0.486 e. The second kappa shape index (κ2) is 4.83. The van der Waals surface area contributed by atoms with Gasteiger partial charge in [0.15, 0.2) is 0 Å². The largest absolute Gasteiger partial charge is 0.486 e. The first-order valence-corrected chi connectivity index (χ1v) is 6.28. The topological polar surface area (TPSA) is 35.5 Å². The number of alkyl halides is 1. The van der Waals surface area contributed by atoms with E-state index < -0.39 is 0 Å². The number of rotatable bonds is 1. The van der Waals surface area contributed by atoms with Crippen LogP contribution in [0.4, 0.5) is 0 Å². The van der Waals surface area contributed by atoms with Gasteiger partial charge in [-0.2, -0.15) is 0 Å². The predicted molar refractivity (Wildman–Crippen MR) is 64.4 cm³/mol. The van der Waals surface area contributed by atoms with Crippen molar-refractivity contribution in [3.05, 3.63) is 29.8 Å². The van der Waals surface area contributed by atoms with Gasteiger partial charge >= 0.3 is 5.97 Å². The molecule has 4 heteroatoms. The van der Waals surface area contributed by atoms with Gasteiger partial charge in [-0.1, -0.05) is 40.8 Å². The molecule has 0 amide bonds. The van der Waals surface area contributed by atoms with Crippen LogP contribution < -0.4 is 4.74 Å². The maximum absolute atomic E-state index is 11.4. The van der Waals surface area contributed by atoms with Gasteiger partial charge in [-0.3, -0.25) is 4.79 Å². The van der Waals surface area contributed by atoms with E-state index >= 15 is 0 Å². The maximum Gasteiger partial charge on any atom is 0.310 e. The highest BCUT2D eigenvalue weighted by Gasteiger charge is 2.19. The van der Waals surface area contributed by atoms with Crippen LogP contribution in [0.5, 0.6) is 5.75 Å². The molecule has 2 rings (SSSR count). The van der Waals surface area contributed by atoms with Crippen LogP contribution in [0, 0.1) is 0 Å². The number of fused-ring (bicyclic) bond motifs is 1. The van der Waals surface area contributed by atoms with Crippen LogP contribution in [-0.4, -0.2) is 23.1 Å². The van der Waals surface area contributed by atoms with Gasteiger partial charge in [0.1, 0.15) is 18.5 Å². The lowest BCUT2D eigenvalue weighted by molar-refractivity contribution is -0.145. The molecule has 1 aromatic carbocycles. The van der Waals surface area contributed by atoms with Crippen LogP contribution in [0.1, 0.15) is 5.56 Å². The fourth-order valence-electron chi connectivity index (χ4n) is 1.45. The van der Waals surface area contributed by atoms with Crippen molar-refractivity contribution in [2.45, 2.75) is 12.5 Å². The summed E-state index contributed by atoms with van der Waals surface area (Å²) in [5.41, 5.74) is 0.900. The predicted octanol–water partition coefficient (Wildman–Crippen LogP) is 1.97. The van der Waals surface area contributed by atoms with Crippen molar-refractivity contribution in [2.24, 2.45) is 0 Å². The second-order valence-corrected chi connectivity index (χ2v) is 4.24. The third-order valence-corrected chi connectivity index (χ3v) is 3.19. The molecule has 15 heavy (non-hydrogen) atoms. The first kappa shape index (κ1) is 10.7. The van der Waals surface area contributed by atoms with E-state index in [9.17, 15) is 4.79 Å². The Hall–Kier alpha value is -0.780. The van der Waals surface area contributed by atoms with Crippen LogP contribution in [-0.2, 0) is 16.0 Å². The zero-order chi connectivity index (χ0) is 10.7. The lowest BCUT2D eigenvalue weighted by atomic mass is 10.1. The number of hydrogen-bond acceptors (Lipinski definition) is 3. The number of cyclic esters (lactones) is 1. The lowest BCUT2D eigenvalue weighted by Gasteiger charge is -2.21. The van der Waals surface area contributed by atoms with Gasteiger partial charge < -0.3 is 9.47 Å². The van der Waals surface area contributed by atoms with Crippen LogP contribution in [0.3, 0.4) is 0 Å². The Morgan fingerprint density at radius 1 is 1.40 bits per heavy atom. The summed E-state index contributed by atoms with van der Waals surface area (Å²) < 4.78 is 11.6. The van der Waals surface area contributed by atoms with Gasteiger partial charge in [0.25, 0.3) is 0 Å². The molecule has 0 aromatic heterocycles. The van der Waals surface area contributed by atoms with Crippen LogP contribution >= 0.6 is 22.6 Å². The summed E-state index contributed by atoms with van der Waals surface area (Å²) in [5, 5.41) is 0. The maximum atomic E-state index is 11.4.